The summed E-state index contributed by atoms with van der Waals surface area (Å²) in [6.07, 6.45) is 7.01. The second-order valence-electron chi connectivity index (χ2n) is 5.98. The second-order valence-corrected chi connectivity index (χ2v) is 5.98. The van der Waals surface area contributed by atoms with Gasteiger partial charge >= 0.3 is 0 Å². The molecule has 0 saturated heterocycles. The topological polar surface area (TPSA) is 56.5 Å². The third-order valence-corrected chi connectivity index (χ3v) is 3.71. The molecule has 4 heteroatoms. The summed E-state index contributed by atoms with van der Waals surface area (Å²) in [5.41, 5.74) is 7.61. The molecular weight excluding hydrogens is 264 g/mol. The Kier molecular flexibility index (Phi) is 6.18. The standard InChI is InChI=1S/C17H28N2O2/c1-13(2)21-17-12-14(8-9-16(17)18)19-10-11-20-15-6-4-3-5-7-15/h8-9,12-13,15,19H,3-7,10-11,18H2,1-2H3. The Hall–Kier alpha value is -1.42. The van der Waals surface area contributed by atoms with Crippen LogP contribution in [-0.2, 0) is 4.74 Å². The second kappa shape index (κ2) is 8.13. The minimum absolute atomic E-state index is 0.122. The molecule has 0 aliphatic heterocycles. The van der Waals surface area contributed by atoms with Gasteiger partial charge in [-0.3, -0.25) is 0 Å². The zero-order valence-corrected chi connectivity index (χ0v) is 13.2. The van der Waals surface area contributed by atoms with E-state index in [1.807, 2.05) is 32.0 Å². The number of nitrogens with two attached hydrogens (primary N) is 1. The number of hydrogen-bond acceptors (Lipinski definition) is 4. The summed E-state index contributed by atoms with van der Waals surface area (Å²) < 4.78 is 11.6. The smallest absolute Gasteiger partial charge is 0.144 e. The molecule has 1 aliphatic carbocycles. The summed E-state index contributed by atoms with van der Waals surface area (Å²) in [6, 6.07) is 5.81. The molecule has 118 valence electrons. The van der Waals surface area contributed by atoms with Gasteiger partial charge in [-0.2, -0.15) is 0 Å². The fraction of sp³-hybridized carbons (Fsp3) is 0.647. The molecule has 1 aromatic carbocycles. The first kappa shape index (κ1) is 16.0. The first-order chi connectivity index (χ1) is 10.1. The third-order valence-electron chi connectivity index (χ3n) is 3.71. The van der Waals surface area contributed by atoms with E-state index >= 15 is 0 Å². The lowest BCUT2D eigenvalue weighted by Crippen LogP contribution is -2.20. The van der Waals surface area contributed by atoms with Crippen LogP contribution in [0.5, 0.6) is 5.75 Å². The van der Waals surface area contributed by atoms with E-state index in [9.17, 15) is 0 Å². The lowest BCUT2D eigenvalue weighted by Gasteiger charge is -2.22. The van der Waals surface area contributed by atoms with Crippen molar-refractivity contribution in [2.24, 2.45) is 0 Å². The van der Waals surface area contributed by atoms with Crippen LogP contribution in [0.4, 0.5) is 11.4 Å². The lowest BCUT2D eigenvalue weighted by atomic mass is 9.98. The maximum absolute atomic E-state index is 5.91. The Labute approximate surface area is 128 Å². The molecule has 0 bridgehead atoms. The Balaban J connectivity index is 1.74. The Morgan fingerprint density at radius 2 is 2.00 bits per heavy atom. The molecule has 0 heterocycles. The molecule has 21 heavy (non-hydrogen) atoms. The summed E-state index contributed by atoms with van der Waals surface area (Å²) >= 11 is 0. The maximum atomic E-state index is 5.91. The molecule has 0 radical (unpaired) electrons. The number of anilines is 2. The van der Waals surface area contributed by atoms with Crippen molar-refractivity contribution in [3.05, 3.63) is 18.2 Å². The van der Waals surface area contributed by atoms with Gasteiger partial charge in [0.2, 0.25) is 0 Å². The number of rotatable bonds is 7. The van der Waals surface area contributed by atoms with E-state index in [0.29, 0.717) is 11.8 Å². The van der Waals surface area contributed by atoms with Gasteiger partial charge in [0.25, 0.3) is 0 Å². The molecule has 4 nitrogen and oxygen atoms in total. The van der Waals surface area contributed by atoms with E-state index in [0.717, 1.165) is 24.6 Å². The molecule has 1 aromatic rings. The minimum atomic E-state index is 0.122. The highest BCUT2D eigenvalue weighted by Gasteiger charge is 2.13. The van der Waals surface area contributed by atoms with Crippen molar-refractivity contribution >= 4 is 11.4 Å². The minimum Gasteiger partial charge on any atom is -0.489 e. The van der Waals surface area contributed by atoms with E-state index in [1.54, 1.807) is 0 Å². The average molecular weight is 292 g/mol. The van der Waals surface area contributed by atoms with Crippen molar-refractivity contribution in [3.63, 3.8) is 0 Å². The zero-order chi connectivity index (χ0) is 15.1. The van der Waals surface area contributed by atoms with Crippen LogP contribution in [0.3, 0.4) is 0 Å². The normalized spacial score (nSPS) is 16.1. The fourth-order valence-electron chi connectivity index (χ4n) is 2.65. The van der Waals surface area contributed by atoms with Gasteiger partial charge in [0.15, 0.2) is 0 Å². The lowest BCUT2D eigenvalue weighted by molar-refractivity contribution is 0.0347. The molecule has 0 amide bonds. The van der Waals surface area contributed by atoms with E-state index in [2.05, 4.69) is 5.32 Å². The van der Waals surface area contributed by atoms with E-state index in [1.165, 1.54) is 32.1 Å². The van der Waals surface area contributed by atoms with Gasteiger partial charge in [-0.15, -0.1) is 0 Å². The summed E-state index contributed by atoms with van der Waals surface area (Å²) in [4.78, 5) is 0. The number of ether oxygens (including phenoxy) is 2. The quantitative estimate of drug-likeness (QED) is 0.592. The molecule has 1 fully saturated rings. The van der Waals surface area contributed by atoms with Crippen molar-refractivity contribution in [1.82, 2.24) is 0 Å². The van der Waals surface area contributed by atoms with Crippen LogP contribution in [0.25, 0.3) is 0 Å². The zero-order valence-electron chi connectivity index (χ0n) is 13.2. The highest BCUT2D eigenvalue weighted by molar-refractivity contribution is 5.61. The fourth-order valence-corrected chi connectivity index (χ4v) is 2.65. The van der Waals surface area contributed by atoms with Crippen molar-refractivity contribution in [1.29, 1.82) is 0 Å². The van der Waals surface area contributed by atoms with Crippen LogP contribution < -0.4 is 15.8 Å². The first-order valence-electron chi connectivity index (χ1n) is 8.07. The van der Waals surface area contributed by atoms with Crippen LogP contribution >= 0.6 is 0 Å². The van der Waals surface area contributed by atoms with E-state index in [-0.39, 0.29) is 6.10 Å². The van der Waals surface area contributed by atoms with Crippen LogP contribution in [0, 0.1) is 0 Å². The SMILES string of the molecule is CC(C)Oc1cc(NCCOC2CCCCC2)ccc1N. The Bertz CT molecular complexity index is 429. The third kappa shape index (κ3) is 5.46. The first-order valence-corrected chi connectivity index (χ1v) is 8.07. The van der Waals surface area contributed by atoms with Gasteiger partial charge in [-0.25, -0.2) is 0 Å². The molecule has 2 rings (SSSR count). The van der Waals surface area contributed by atoms with Crippen LogP contribution in [0.15, 0.2) is 18.2 Å². The summed E-state index contributed by atoms with van der Waals surface area (Å²) in [5, 5.41) is 3.36. The van der Waals surface area contributed by atoms with Gasteiger partial charge in [0, 0.05) is 18.3 Å². The molecule has 3 N–H and O–H groups in total. The maximum Gasteiger partial charge on any atom is 0.144 e. The van der Waals surface area contributed by atoms with Crippen molar-refractivity contribution in [3.8, 4) is 5.75 Å². The van der Waals surface area contributed by atoms with Gasteiger partial charge in [-0.05, 0) is 38.8 Å². The van der Waals surface area contributed by atoms with Gasteiger partial charge < -0.3 is 20.5 Å². The largest absolute Gasteiger partial charge is 0.489 e. The molecule has 0 atom stereocenters. The molecule has 0 aromatic heterocycles. The van der Waals surface area contributed by atoms with E-state index < -0.39 is 0 Å². The molecule has 0 unspecified atom stereocenters. The van der Waals surface area contributed by atoms with Crippen molar-refractivity contribution < 1.29 is 9.47 Å². The summed E-state index contributed by atoms with van der Waals surface area (Å²) in [5.74, 6) is 0.739. The summed E-state index contributed by atoms with van der Waals surface area (Å²) in [6.45, 7) is 5.55. The van der Waals surface area contributed by atoms with Gasteiger partial charge in [0.1, 0.15) is 5.75 Å². The van der Waals surface area contributed by atoms with Gasteiger partial charge in [0.05, 0.1) is 24.5 Å². The number of hydrogen-bond donors (Lipinski definition) is 2. The van der Waals surface area contributed by atoms with Crippen molar-refractivity contribution in [2.75, 3.05) is 24.2 Å². The van der Waals surface area contributed by atoms with Crippen molar-refractivity contribution in [2.45, 2.75) is 58.2 Å². The summed E-state index contributed by atoms with van der Waals surface area (Å²) in [7, 11) is 0. The van der Waals surface area contributed by atoms with E-state index in [4.69, 9.17) is 15.2 Å². The molecular formula is C17H28N2O2. The number of nitrogens with one attached hydrogen (secondary N) is 1. The predicted octanol–water partition coefficient (Wildman–Crippen LogP) is 3.82. The van der Waals surface area contributed by atoms with Crippen LogP contribution in [0.1, 0.15) is 46.0 Å². The highest BCUT2D eigenvalue weighted by Crippen LogP contribution is 2.26. The predicted molar refractivity (Wildman–Crippen MR) is 87.9 cm³/mol. The van der Waals surface area contributed by atoms with Crippen LogP contribution in [-0.4, -0.2) is 25.4 Å². The monoisotopic (exact) mass is 292 g/mol. The Morgan fingerprint density at radius 1 is 1.24 bits per heavy atom. The Morgan fingerprint density at radius 3 is 2.71 bits per heavy atom. The molecule has 1 saturated carbocycles. The molecule has 1 aliphatic rings. The van der Waals surface area contributed by atoms with Crippen LogP contribution in [0.2, 0.25) is 0 Å². The number of benzene rings is 1. The average Bonchev–Trinajstić information content (AvgIpc) is 2.47. The highest BCUT2D eigenvalue weighted by atomic mass is 16.5. The van der Waals surface area contributed by atoms with Gasteiger partial charge in [-0.1, -0.05) is 19.3 Å². The number of nitrogen functional groups attached to an aromatic ring is 1. The molecule has 0 spiro atoms.